The van der Waals surface area contributed by atoms with Crippen molar-refractivity contribution in [3.63, 3.8) is 0 Å². The van der Waals surface area contributed by atoms with Gasteiger partial charge < -0.3 is 10.7 Å². The van der Waals surface area contributed by atoms with E-state index in [1.807, 2.05) is 6.07 Å². The molecule has 1 aliphatic rings. The highest BCUT2D eigenvalue weighted by Crippen LogP contribution is 2.38. The fourth-order valence-corrected chi connectivity index (χ4v) is 2.79. The molecule has 3 rings (SSSR count). The number of nitrogens with one attached hydrogen (secondary N) is 1. The third-order valence-corrected chi connectivity index (χ3v) is 3.78. The molecule has 2 nitrogen and oxygen atoms in total. The minimum Gasteiger partial charge on any atom is -0.361 e. The number of aryl methyl sites for hydroxylation is 1. The van der Waals surface area contributed by atoms with Gasteiger partial charge in [-0.15, -0.1) is 0 Å². The Kier molecular flexibility index (Phi) is 1.85. The van der Waals surface area contributed by atoms with Gasteiger partial charge in [0.05, 0.1) is 0 Å². The Hall–Kier alpha value is -0.990. The summed E-state index contributed by atoms with van der Waals surface area (Å²) in [7, 11) is 0. The molecule has 2 aromatic rings. The maximum atomic E-state index is 6.19. The Labute approximate surface area is 93.4 Å². The zero-order valence-electron chi connectivity index (χ0n) is 8.60. The van der Waals surface area contributed by atoms with Crippen LogP contribution in [0.2, 0.25) is 5.02 Å². The predicted octanol–water partition coefficient (Wildman–Crippen LogP) is 3.08. The van der Waals surface area contributed by atoms with Crippen molar-refractivity contribution >= 4 is 22.5 Å². The molecule has 0 amide bonds. The zero-order valence-corrected chi connectivity index (χ0v) is 9.36. The summed E-state index contributed by atoms with van der Waals surface area (Å²) in [6, 6.07) is 2.13. The van der Waals surface area contributed by atoms with E-state index < -0.39 is 0 Å². The molecule has 78 valence electrons. The molecule has 1 aromatic carbocycles. The summed E-state index contributed by atoms with van der Waals surface area (Å²) in [5.41, 5.74) is 11.0. The number of hydrogen-bond acceptors (Lipinski definition) is 1. The van der Waals surface area contributed by atoms with Gasteiger partial charge in [-0.25, -0.2) is 0 Å². The molecule has 0 aliphatic heterocycles. The number of halogens is 1. The minimum absolute atomic E-state index is 0.134. The number of nitrogens with two attached hydrogens (primary N) is 1. The molecule has 0 saturated carbocycles. The fraction of sp³-hybridized carbons (Fsp3) is 0.333. The quantitative estimate of drug-likeness (QED) is 0.704. The van der Waals surface area contributed by atoms with Crippen molar-refractivity contribution in [3.8, 4) is 0 Å². The molecule has 1 unspecified atom stereocenters. The van der Waals surface area contributed by atoms with Gasteiger partial charge in [0.25, 0.3) is 0 Å². The third-order valence-electron chi connectivity index (χ3n) is 3.39. The maximum absolute atomic E-state index is 6.19. The first kappa shape index (κ1) is 9.25. The zero-order chi connectivity index (χ0) is 10.6. The lowest BCUT2D eigenvalue weighted by Gasteiger charge is -2.22. The Bertz CT molecular complexity index is 542. The summed E-state index contributed by atoms with van der Waals surface area (Å²) in [5.74, 6) is 0. The molecule has 0 bridgehead atoms. The van der Waals surface area contributed by atoms with Crippen molar-refractivity contribution in [1.29, 1.82) is 0 Å². The second kappa shape index (κ2) is 3.00. The van der Waals surface area contributed by atoms with Crippen LogP contribution in [0.4, 0.5) is 0 Å². The van der Waals surface area contributed by atoms with Crippen molar-refractivity contribution in [2.45, 2.75) is 25.8 Å². The normalized spacial score (nSPS) is 19.8. The molecular formula is C12H13ClN2. The second-order valence-electron chi connectivity index (χ2n) is 4.28. The van der Waals surface area contributed by atoms with Crippen LogP contribution >= 0.6 is 11.6 Å². The first-order valence-corrected chi connectivity index (χ1v) is 5.61. The van der Waals surface area contributed by atoms with Gasteiger partial charge in [0.2, 0.25) is 0 Å². The standard InChI is InChI=1S/C12H13ClN2/c1-6-8(13)4-10-12-7(5-15-10)2-3-9(14)11(6)12/h4-5,9,15H,2-3,14H2,1H3. The molecule has 0 fully saturated rings. The van der Waals surface area contributed by atoms with Crippen LogP contribution in [-0.4, -0.2) is 4.98 Å². The number of H-pyrrole nitrogens is 1. The average molecular weight is 221 g/mol. The first-order chi connectivity index (χ1) is 7.18. The van der Waals surface area contributed by atoms with Gasteiger partial charge >= 0.3 is 0 Å². The van der Waals surface area contributed by atoms with Crippen LogP contribution in [0.3, 0.4) is 0 Å². The minimum atomic E-state index is 0.134. The van der Waals surface area contributed by atoms with Crippen LogP contribution in [0.25, 0.3) is 10.9 Å². The Morgan fingerprint density at radius 1 is 1.53 bits per heavy atom. The summed E-state index contributed by atoms with van der Waals surface area (Å²) in [4.78, 5) is 3.27. The summed E-state index contributed by atoms with van der Waals surface area (Å²) in [6.45, 7) is 2.05. The Balaban J connectivity index is 2.50. The van der Waals surface area contributed by atoms with Gasteiger partial charge in [0.1, 0.15) is 0 Å². The van der Waals surface area contributed by atoms with Crippen molar-refractivity contribution < 1.29 is 0 Å². The van der Waals surface area contributed by atoms with Crippen LogP contribution < -0.4 is 5.73 Å². The van der Waals surface area contributed by atoms with Crippen LogP contribution in [-0.2, 0) is 6.42 Å². The van der Waals surface area contributed by atoms with Crippen molar-refractivity contribution in [2.24, 2.45) is 5.73 Å². The van der Waals surface area contributed by atoms with E-state index in [1.165, 1.54) is 16.5 Å². The molecule has 3 N–H and O–H groups in total. The van der Waals surface area contributed by atoms with E-state index in [-0.39, 0.29) is 6.04 Å². The predicted molar refractivity (Wildman–Crippen MR) is 63.3 cm³/mol. The van der Waals surface area contributed by atoms with Gasteiger partial charge in [-0.3, -0.25) is 0 Å². The number of aromatic amines is 1. The summed E-state index contributed by atoms with van der Waals surface area (Å²) < 4.78 is 0. The number of rotatable bonds is 0. The summed E-state index contributed by atoms with van der Waals surface area (Å²) in [6.07, 6.45) is 4.16. The SMILES string of the molecule is Cc1c(Cl)cc2[nH]cc3c2c1C(N)CC3. The van der Waals surface area contributed by atoms with Gasteiger partial charge in [-0.1, -0.05) is 11.6 Å². The number of hydrogen-bond donors (Lipinski definition) is 2. The Morgan fingerprint density at radius 2 is 2.33 bits per heavy atom. The molecule has 15 heavy (non-hydrogen) atoms. The number of benzene rings is 1. The maximum Gasteiger partial charge on any atom is 0.0475 e. The highest BCUT2D eigenvalue weighted by atomic mass is 35.5. The van der Waals surface area contributed by atoms with Crippen molar-refractivity contribution in [3.05, 3.63) is 34.0 Å². The lowest BCUT2D eigenvalue weighted by atomic mass is 9.86. The molecule has 1 heterocycles. The van der Waals surface area contributed by atoms with E-state index in [4.69, 9.17) is 17.3 Å². The molecule has 1 aromatic heterocycles. The van der Waals surface area contributed by atoms with E-state index in [9.17, 15) is 0 Å². The summed E-state index contributed by atoms with van der Waals surface area (Å²) in [5, 5.41) is 2.11. The molecule has 0 saturated heterocycles. The van der Waals surface area contributed by atoms with E-state index >= 15 is 0 Å². The lowest BCUT2D eigenvalue weighted by molar-refractivity contribution is 0.640. The van der Waals surface area contributed by atoms with E-state index in [0.717, 1.165) is 28.9 Å². The highest BCUT2D eigenvalue weighted by Gasteiger charge is 2.23. The van der Waals surface area contributed by atoms with E-state index in [2.05, 4.69) is 18.1 Å². The molecular weight excluding hydrogens is 208 g/mol. The fourth-order valence-electron chi connectivity index (χ4n) is 2.58. The van der Waals surface area contributed by atoms with Gasteiger partial charge in [0, 0.05) is 28.2 Å². The van der Waals surface area contributed by atoms with Crippen LogP contribution in [0.5, 0.6) is 0 Å². The van der Waals surface area contributed by atoms with Crippen LogP contribution in [0, 0.1) is 6.92 Å². The topological polar surface area (TPSA) is 41.8 Å². The average Bonchev–Trinajstić information content (AvgIpc) is 2.60. The summed E-state index contributed by atoms with van der Waals surface area (Å²) >= 11 is 6.19. The van der Waals surface area contributed by atoms with Crippen LogP contribution in [0.15, 0.2) is 12.3 Å². The van der Waals surface area contributed by atoms with Gasteiger partial charge in [-0.05, 0) is 42.5 Å². The first-order valence-electron chi connectivity index (χ1n) is 5.23. The van der Waals surface area contributed by atoms with Gasteiger partial charge in [0.15, 0.2) is 0 Å². The Morgan fingerprint density at radius 3 is 3.13 bits per heavy atom. The van der Waals surface area contributed by atoms with E-state index in [1.54, 1.807) is 0 Å². The highest BCUT2D eigenvalue weighted by molar-refractivity contribution is 6.32. The smallest absolute Gasteiger partial charge is 0.0475 e. The van der Waals surface area contributed by atoms with Crippen LogP contribution in [0.1, 0.15) is 29.2 Å². The van der Waals surface area contributed by atoms with Gasteiger partial charge in [-0.2, -0.15) is 0 Å². The molecule has 1 atom stereocenters. The van der Waals surface area contributed by atoms with Crippen molar-refractivity contribution in [2.75, 3.05) is 0 Å². The lowest BCUT2D eigenvalue weighted by Crippen LogP contribution is -2.17. The van der Waals surface area contributed by atoms with Crippen molar-refractivity contribution in [1.82, 2.24) is 4.98 Å². The molecule has 3 heteroatoms. The molecule has 0 radical (unpaired) electrons. The molecule has 0 spiro atoms. The monoisotopic (exact) mass is 220 g/mol. The largest absolute Gasteiger partial charge is 0.361 e. The second-order valence-corrected chi connectivity index (χ2v) is 4.69. The number of aromatic nitrogens is 1. The van der Waals surface area contributed by atoms with E-state index in [0.29, 0.717) is 0 Å². The third kappa shape index (κ3) is 1.15. The molecule has 1 aliphatic carbocycles.